The van der Waals surface area contributed by atoms with Crippen LogP contribution in [0.3, 0.4) is 0 Å². The molecule has 10 N–H and O–H groups in total. The van der Waals surface area contributed by atoms with Crippen LogP contribution < -0.4 is 43.9 Å². The molecule has 0 unspecified atom stereocenters. The van der Waals surface area contributed by atoms with Crippen molar-refractivity contribution in [3.8, 4) is 34.2 Å². The third-order valence-corrected chi connectivity index (χ3v) is 18.0. The number of para-hydroxylation sites is 4. The van der Waals surface area contributed by atoms with Crippen LogP contribution >= 0.6 is 0 Å². The molecule has 12 rings (SSSR count). The van der Waals surface area contributed by atoms with Gasteiger partial charge in [0.1, 0.15) is 17.1 Å². The summed E-state index contributed by atoms with van der Waals surface area (Å²) in [5, 5.41) is 69.1. The third kappa shape index (κ3) is 20.5. The van der Waals surface area contributed by atoms with Gasteiger partial charge in [-0.1, -0.05) is 126 Å². The van der Waals surface area contributed by atoms with E-state index in [0.29, 0.717) is 84.8 Å². The summed E-state index contributed by atoms with van der Waals surface area (Å²) in [7, 11) is 0. The van der Waals surface area contributed by atoms with Crippen molar-refractivity contribution in [1.29, 1.82) is 0 Å². The van der Waals surface area contributed by atoms with Crippen LogP contribution in [-0.4, -0.2) is 106 Å². The lowest BCUT2D eigenvalue weighted by molar-refractivity contribution is -0.385. The molecule has 4 amide bonds. The number of nitrogens with zero attached hydrogens (tertiary/aromatic N) is 10. The maximum absolute atomic E-state index is 13.0. The second kappa shape index (κ2) is 36.7. The Balaban J connectivity index is 0.000000177. The van der Waals surface area contributed by atoms with Crippen molar-refractivity contribution < 1.29 is 39.2 Å². The molecule has 596 valence electrons. The fourth-order valence-electron chi connectivity index (χ4n) is 11.8. The molecule has 32 nitrogen and oxygen atoms in total. The summed E-state index contributed by atoms with van der Waals surface area (Å²) in [6, 6.07) is 56.5. The minimum Gasteiger partial charge on any atom is -0.508 e. The Morgan fingerprint density at radius 2 is 0.647 bits per heavy atom. The van der Waals surface area contributed by atoms with Crippen molar-refractivity contribution in [3.63, 3.8) is 0 Å². The molecule has 12 aromatic rings. The number of rotatable bonds is 18. The zero-order valence-electron chi connectivity index (χ0n) is 65.9. The maximum atomic E-state index is 13.0. The Labute approximate surface area is 663 Å². The summed E-state index contributed by atoms with van der Waals surface area (Å²) in [6.45, 7) is 26.3. The molecule has 0 aliphatic rings. The highest BCUT2D eigenvalue weighted by Crippen LogP contribution is 2.26. The third-order valence-electron chi connectivity index (χ3n) is 18.0. The van der Waals surface area contributed by atoms with Gasteiger partial charge in [0.25, 0.3) is 57.2 Å². The number of carbonyl (C=O) groups excluding carboxylic acids is 4. The topological polar surface area (TPSA) is 444 Å². The van der Waals surface area contributed by atoms with Gasteiger partial charge in [0.15, 0.2) is 0 Å². The highest BCUT2D eigenvalue weighted by molar-refractivity contribution is 6.05. The van der Waals surface area contributed by atoms with Crippen LogP contribution in [-0.2, 0) is 10.8 Å². The Bertz CT molecular complexity index is 6020. The number of aryl methyl sites for hydroxylation is 4. The molecular formula is C84H86N18O14. The lowest BCUT2D eigenvalue weighted by Gasteiger charge is -2.19. The Morgan fingerprint density at radius 1 is 0.362 bits per heavy atom. The first-order valence-corrected chi connectivity index (χ1v) is 36.0. The lowest BCUT2D eigenvalue weighted by Crippen LogP contribution is -2.24. The highest BCUT2D eigenvalue weighted by Gasteiger charge is 2.24. The van der Waals surface area contributed by atoms with Crippen molar-refractivity contribution in [3.05, 3.63) is 346 Å². The predicted octanol–water partition coefficient (Wildman–Crippen LogP) is 12.3. The molecule has 0 atom stereocenters. The first-order valence-electron chi connectivity index (χ1n) is 36.0. The van der Waals surface area contributed by atoms with Crippen LogP contribution in [0.1, 0.15) is 167 Å². The van der Waals surface area contributed by atoms with Gasteiger partial charge in [-0.15, -0.1) is 0 Å². The van der Waals surface area contributed by atoms with Crippen molar-refractivity contribution in [2.24, 2.45) is 20.4 Å². The molecule has 8 aromatic carbocycles. The molecule has 0 saturated carbocycles. The SMILES string of the molecule is CC(=NNC(=O)c1ccc(O)cc1)c1c(C)[nH]n(-c2ccc(C(C)(C)C)cc2)c1=O.CC(=NNC(=O)c1ccc([N+](=O)[O-])cc1)c1c(C)[nH]n(-c2ccccc2)c1=O.CC(=NNC(=O)c1ccccc1O)c1c(C)[nH]n(-c2ccc(C(C)(C)C)cc2)c1=O.CC(=NNC(=O)c1ccccc1[N+](=O)[O-])c1c(C)[nH]n(-c2ccccc2)c1=O. The van der Waals surface area contributed by atoms with Gasteiger partial charge in [-0.25, -0.2) is 40.4 Å². The van der Waals surface area contributed by atoms with E-state index in [9.17, 15) is 68.8 Å². The highest BCUT2D eigenvalue weighted by atomic mass is 16.6. The number of benzene rings is 8. The lowest BCUT2D eigenvalue weighted by atomic mass is 9.87. The second-order valence-electron chi connectivity index (χ2n) is 28.5. The number of nitro groups is 2. The van der Waals surface area contributed by atoms with E-state index in [4.69, 9.17) is 0 Å². The molecule has 116 heavy (non-hydrogen) atoms. The minimum absolute atomic E-state index is 0.0228. The van der Waals surface area contributed by atoms with Gasteiger partial charge in [-0.05, 0) is 180 Å². The van der Waals surface area contributed by atoms with Gasteiger partial charge in [0.05, 0.1) is 83.3 Å². The summed E-state index contributed by atoms with van der Waals surface area (Å²) in [5.74, 6) is -2.32. The van der Waals surface area contributed by atoms with Crippen LogP contribution in [0.15, 0.2) is 246 Å². The monoisotopic (exact) mass is 1570 g/mol. The molecule has 0 aliphatic heterocycles. The number of hydrogen-bond acceptors (Lipinski definition) is 18. The number of non-ortho nitro benzene ring substituents is 1. The number of amides is 4. The molecule has 0 radical (unpaired) electrons. The first-order chi connectivity index (χ1) is 54.9. The van der Waals surface area contributed by atoms with E-state index in [2.05, 4.69) is 104 Å². The molecule has 0 aliphatic carbocycles. The number of nitro benzene ring substituents is 2. The predicted molar refractivity (Wildman–Crippen MR) is 443 cm³/mol. The van der Waals surface area contributed by atoms with E-state index in [1.165, 1.54) is 115 Å². The molecule has 0 saturated heterocycles. The molecule has 32 heteroatoms. The number of H-pyrrole nitrogens is 4. The van der Waals surface area contributed by atoms with E-state index in [1.807, 2.05) is 84.9 Å². The number of hydrazone groups is 4. The van der Waals surface area contributed by atoms with E-state index >= 15 is 0 Å². The molecule has 0 bridgehead atoms. The van der Waals surface area contributed by atoms with Crippen LogP contribution in [0.25, 0.3) is 22.7 Å². The maximum Gasteiger partial charge on any atom is 0.282 e. The Hall–Kier alpha value is -15.2. The van der Waals surface area contributed by atoms with E-state index < -0.39 is 33.5 Å². The minimum atomic E-state index is -0.733. The number of nitrogens with one attached hydrogen (secondary N) is 8. The quantitative estimate of drug-likeness (QED) is 0.0217. The van der Waals surface area contributed by atoms with Crippen molar-refractivity contribution in [1.82, 2.24) is 60.8 Å². The average molecular weight is 1570 g/mol. The van der Waals surface area contributed by atoms with E-state index in [1.54, 1.807) is 91.8 Å². The fourth-order valence-corrected chi connectivity index (χ4v) is 11.8. The number of phenols is 2. The molecule has 4 aromatic heterocycles. The fraction of sp³-hybridized carbons (Fsp3) is 0.190. The van der Waals surface area contributed by atoms with E-state index in [-0.39, 0.29) is 78.3 Å². The van der Waals surface area contributed by atoms with Gasteiger partial charge >= 0.3 is 0 Å². The van der Waals surface area contributed by atoms with Crippen LogP contribution in [0.2, 0.25) is 0 Å². The smallest absolute Gasteiger partial charge is 0.282 e. The zero-order valence-corrected chi connectivity index (χ0v) is 65.9. The summed E-state index contributed by atoms with van der Waals surface area (Å²) in [5.41, 5.74) is 19.0. The number of carbonyl (C=O) groups is 4. The van der Waals surface area contributed by atoms with Gasteiger partial charge in [-0.3, -0.25) is 79.0 Å². The van der Waals surface area contributed by atoms with Crippen LogP contribution in [0.4, 0.5) is 11.4 Å². The molecular weight excluding hydrogens is 1490 g/mol. The molecule has 0 spiro atoms. The summed E-state index contributed by atoms with van der Waals surface area (Å²) < 4.78 is 5.72. The molecule has 4 heterocycles. The number of aromatic amines is 4. The van der Waals surface area contributed by atoms with Crippen molar-refractivity contribution in [2.45, 2.75) is 108 Å². The summed E-state index contributed by atoms with van der Waals surface area (Å²) >= 11 is 0. The van der Waals surface area contributed by atoms with E-state index in [0.717, 1.165) is 5.69 Å². The number of aromatic nitrogens is 8. The average Bonchev–Trinajstić information content (AvgIpc) is 1.66. The number of phenolic OH excluding ortho intramolecular Hbond substituents is 2. The molecule has 0 fully saturated rings. The van der Waals surface area contributed by atoms with Gasteiger partial charge in [0.2, 0.25) is 0 Å². The number of hydrogen-bond donors (Lipinski definition) is 10. The van der Waals surface area contributed by atoms with Crippen molar-refractivity contribution >= 4 is 57.9 Å². The zero-order chi connectivity index (χ0) is 84.6. The largest absolute Gasteiger partial charge is 0.508 e. The normalized spacial score (nSPS) is 11.7. The standard InChI is InChI=1S/2C23H26N4O3.2C19H17N5O4/c1-14(24-25-21(29)16-6-12-19(28)13-7-16)20-15(2)26-27(22(20)30)18-10-8-17(9-11-18)23(3,4)5;1-14(24-25-21(29)18-8-6-7-9-19(18)28)20-15(2)26-27(22(20)30)17-12-10-16(11-13-17)23(3,4)5;1-12(20-21-18(25)15-10-6-7-11-16(15)24(27)28)17-13(2)22-23(19(17)26)14-8-4-3-5-9-14;1-12(20-21-18(25)14-8-10-16(11-9-14)24(27)28)17-13(2)22-23(19(17)26)15-6-4-3-5-7-15/h2*6-13,26,28H,1-5H3,(H,25,29);2*3-11,22H,1-2H3,(H,21,25). The second-order valence-corrected chi connectivity index (χ2v) is 28.5. The van der Waals surface area contributed by atoms with Crippen LogP contribution in [0, 0.1) is 47.9 Å². The number of aromatic hydroxyl groups is 2. The Kier molecular flexibility index (Phi) is 26.8. The Morgan fingerprint density at radius 3 is 0.966 bits per heavy atom. The van der Waals surface area contributed by atoms with Gasteiger partial charge < -0.3 is 10.2 Å². The van der Waals surface area contributed by atoms with Gasteiger partial charge in [-0.2, -0.15) is 20.4 Å². The summed E-state index contributed by atoms with van der Waals surface area (Å²) in [4.78, 5) is 121. The summed E-state index contributed by atoms with van der Waals surface area (Å²) in [6.07, 6.45) is 0. The van der Waals surface area contributed by atoms with Crippen molar-refractivity contribution in [2.75, 3.05) is 0 Å². The van der Waals surface area contributed by atoms with Crippen LogP contribution in [0.5, 0.6) is 11.5 Å². The first kappa shape index (κ1) is 84.8. The van der Waals surface area contributed by atoms with Gasteiger partial charge in [0, 0.05) is 52.1 Å².